The zero-order valence-electron chi connectivity index (χ0n) is 16.5. The molecule has 2 unspecified atom stereocenters. The van der Waals surface area contributed by atoms with E-state index in [2.05, 4.69) is 0 Å². The molecule has 2 rings (SSSR count). The minimum Gasteiger partial charge on any atom is -0.497 e. The second kappa shape index (κ2) is 9.84. The van der Waals surface area contributed by atoms with Crippen molar-refractivity contribution in [3.8, 4) is 5.75 Å². The Bertz CT molecular complexity index is 900. The average molecular weight is 423 g/mol. The summed E-state index contributed by atoms with van der Waals surface area (Å²) in [4.78, 5) is 12.4. The number of aliphatic hydroxyl groups is 1. The van der Waals surface area contributed by atoms with E-state index >= 15 is 0 Å². The molecule has 1 amide bonds. The van der Waals surface area contributed by atoms with Gasteiger partial charge in [-0.1, -0.05) is 44.2 Å². The smallest absolute Gasteiger partial charge is 0.264 e. The Morgan fingerprint density at radius 3 is 2.17 bits per heavy atom. The predicted octanol–water partition coefficient (Wildman–Crippen LogP) is 1.78. The number of carbonyl (C=O) groups excluding carboxylic acids is 1. The van der Waals surface area contributed by atoms with Gasteiger partial charge in [0.25, 0.3) is 5.91 Å². The Hall–Kier alpha value is -2.46. The van der Waals surface area contributed by atoms with Gasteiger partial charge >= 0.3 is 0 Å². The number of hydrogen-bond acceptors (Lipinski definition) is 6. The molecule has 29 heavy (non-hydrogen) atoms. The molecule has 9 heteroatoms. The fourth-order valence-electron chi connectivity index (χ4n) is 2.87. The van der Waals surface area contributed by atoms with Crippen molar-refractivity contribution >= 4 is 15.9 Å². The lowest BCUT2D eigenvalue weighted by atomic mass is 9.99. The zero-order valence-corrected chi connectivity index (χ0v) is 17.3. The molecule has 0 saturated heterocycles. The third kappa shape index (κ3) is 5.33. The number of hydrogen-bond donors (Lipinski definition) is 3. The molecule has 2 aromatic rings. The molecular weight excluding hydrogens is 396 g/mol. The molecular formula is C20H26N2O6S. The van der Waals surface area contributed by atoms with E-state index in [0.717, 1.165) is 4.31 Å². The van der Waals surface area contributed by atoms with Gasteiger partial charge in [-0.15, -0.1) is 0 Å². The Morgan fingerprint density at radius 1 is 1.10 bits per heavy atom. The number of benzene rings is 2. The molecule has 0 aliphatic rings. The summed E-state index contributed by atoms with van der Waals surface area (Å²) in [7, 11) is -2.75. The van der Waals surface area contributed by atoms with Gasteiger partial charge in [0.1, 0.15) is 11.8 Å². The number of nitrogens with zero attached hydrogens (tertiary/aromatic N) is 1. The third-order valence-corrected chi connectivity index (χ3v) is 6.38. The Morgan fingerprint density at radius 2 is 1.69 bits per heavy atom. The molecule has 8 nitrogen and oxygen atoms in total. The van der Waals surface area contributed by atoms with E-state index in [1.807, 2.05) is 0 Å². The topological polar surface area (TPSA) is 116 Å². The largest absolute Gasteiger partial charge is 0.497 e. The molecule has 2 aromatic carbocycles. The van der Waals surface area contributed by atoms with Crippen LogP contribution in [0.3, 0.4) is 0 Å². The third-order valence-electron chi connectivity index (χ3n) is 4.54. The van der Waals surface area contributed by atoms with Crippen LogP contribution in [0.25, 0.3) is 0 Å². The number of methoxy groups -OCH3 is 1. The van der Waals surface area contributed by atoms with Crippen molar-refractivity contribution in [1.82, 2.24) is 9.79 Å². The summed E-state index contributed by atoms with van der Waals surface area (Å²) in [5.41, 5.74) is 2.11. The fourth-order valence-corrected chi connectivity index (χ4v) is 4.46. The van der Waals surface area contributed by atoms with Crippen molar-refractivity contribution in [3.05, 3.63) is 60.2 Å². The van der Waals surface area contributed by atoms with Crippen LogP contribution in [0.5, 0.6) is 5.75 Å². The summed E-state index contributed by atoms with van der Waals surface area (Å²) in [6.45, 7) is 3.14. The van der Waals surface area contributed by atoms with Crippen LogP contribution in [0.4, 0.5) is 0 Å². The number of nitrogens with one attached hydrogen (secondary N) is 1. The number of aliphatic hydroxyl groups excluding tert-OH is 1. The van der Waals surface area contributed by atoms with Crippen molar-refractivity contribution in [2.75, 3.05) is 7.11 Å². The summed E-state index contributed by atoms with van der Waals surface area (Å²) in [5, 5.41) is 19.8. The first-order chi connectivity index (χ1) is 13.7. The van der Waals surface area contributed by atoms with Crippen LogP contribution in [0, 0.1) is 5.92 Å². The standard InChI is InChI=1S/C20H26N2O6S/c1-14(2)19(23)18(20(24)21-25)22(13-15-7-5-4-6-8-15)29(26,27)17-11-9-16(28-3)10-12-17/h4-12,14,18-19,23,25H,13H2,1-3H3,(H,21,24). The van der Waals surface area contributed by atoms with Crippen molar-refractivity contribution in [3.63, 3.8) is 0 Å². The van der Waals surface area contributed by atoms with Crippen molar-refractivity contribution in [2.24, 2.45) is 5.92 Å². The highest BCUT2D eigenvalue weighted by Gasteiger charge is 2.41. The van der Waals surface area contributed by atoms with Gasteiger partial charge in [-0.3, -0.25) is 10.0 Å². The molecule has 0 fully saturated rings. The molecule has 3 N–H and O–H groups in total. The van der Waals surface area contributed by atoms with Crippen molar-refractivity contribution < 1.29 is 28.3 Å². The van der Waals surface area contributed by atoms with E-state index in [0.29, 0.717) is 11.3 Å². The van der Waals surface area contributed by atoms with Gasteiger partial charge in [0, 0.05) is 6.54 Å². The van der Waals surface area contributed by atoms with Gasteiger partial charge < -0.3 is 9.84 Å². The normalized spacial score (nSPS) is 13.9. The number of ether oxygens (including phenoxy) is 1. The zero-order chi connectivity index (χ0) is 21.6. The molecule has 0 spiro atoms. The molecule has 0 bridgehead atoms. The summed E-state index contributed by atoms with van der Waals surface area (Å²) < 4.78 is 32.8. The summed E-state index contributed by atoms with van der Waals surface area (Å²) >= 11 is 0. The summed E-state index contributed by atoms with van der Waals surface area (Å²) in [6.07, 6.45) is -1.35. The maximum Gasteiger partial charge on any atom is 0.264 e. The van der Waals surface area contributed by atoms with E-state index in [1.54, 1.807) is 44.2 Å². The molecule has 0 aliphatic heterocycles. The molecule has 0 heterocycles. The van der Waals surface area contributed by atoms with Crippen molar-refractivity contribution in [1.29, 1.82) is 0 Å². The minimum absolute atomic E-state index is 0.0686. The highest BCUT2D eigenvalue weighted by atomic mass is 32.2. The highest BCUT2D eigenvalue weighted by molar-refractivity contribution is 7.89. The molecule has 0 aliphatic carbocycles. The number of amides is 1. The van der Waals surface area contributed by atoms with Crippen LogP contribution in [-0.4, -0.2) is 48.2 Å². The van der Waals surface area contributed by atoms with E-state index in [4.69, 9.17) is 4.74 Å². The first-order valence-corrected chi connectivity index (χ1v) is 10.5. The van der Waals surface area contributed by atoms with Gasteiger partial charge in [-0.25, -0.2) is 13.9 Å². The SMILES string of the molecule is COc1ccc(S(=O)(=O)N(Cc2ccccc2)C(C(=O)NO)C(O)C(C)C)cc1. The number of rotatable bonds is 9. The second-order valence-electron chi connectivity index (χ2n) is 6.87. The van der Waals surface area contributed by atoms with Gasteiger partial charge in [0.15, 0.2) is 0 Å². The van der Waals surface area contributed by atoms with E-state index in [-0.39, 0.29) is 11.4 Å². The molecule has 158 valence electrons. The lowest BCUT2D eigenvalue weighted by Crippen LogP contribution is -2.55. The number of carbonyl (C=O) groups is 1. The predicted molar refractivity (Wildman–Crippen MR) is 107 cm³/mol. The lowest BCUT2D eigenvalue weighted by Gasteiger charge is -2.34. The highest BCUT2D eigenvalue weighted by Crippen LogP contribution is 2.26. The van der Waals surface area contributed by atoms with Crippen LogP contribution < -0.4 is 10.2 Å². The molecule has 0 radical (unpaired) electrons. The fraction of sp³-hybridized carbons (Fsp3) is 0.350. The first-order valence-electron chi connectivity index (χ1n) is 9.04. The van der Waals surface area contributed by atoms with Gasteiger partial charge in [-0.2, -0.15) is 4.31 Å². The molecule has 0 aromatic heterocycles. The second-order valence-corrected chi connectivity index (χ2v) is 8.76. The van der Waals surface area contributed by atoms with E-state index in [9.17, 15) is 23.5 Å². The van der Waals surface area contributed by atoms with Crippen LogP contribution in [0.2, 0.25) is 0 Å². The average Bonchev–Trinajstić information content (AvgIpc) is 2.73. The first kappa shape index (κ1) is 22.8. The van der Waals surface area contributed by atoms with Crippen molar-refractivity contribution in [2.45, 2.75) is 37.4 Å². The van der Waals surface area contributed by atoms with Gasteiger partial charge in [-0.05, 0) is 35.7 Å². The quantitative estimate of drug-likeness (QED) is 0.419. The van der Waals surface area contributed by atoms with Crippen LogP contribution in [0.15, 0.2) is 59.5 Å². The monoisotopic (exact) mass is 422 g/mol. The van der Waals surface area contributed by atoms with Gasteiger partial charge in [0.2, 0.25) is 10.0 Å². The Balaban J connectivity index is 2.59. The number of sulfonamides is 1. The molecule has 0 saturated carbocycles. The lowest BCUT2D eigenvalue weighted by molar-refractivity contribution is -0.138. The van der Waals surface area contributed by atoms with E-state index in [1.165, 1.54) is 36.9 Å². The Labute approximate surface area is 170 Å². The molecule has 2 atom stereocenters. The number of hydroxylamine groups is 1. The van der Waals surface area contributed by atoms with E-state index < -0.39 is 34.0 Å². The summed E-state index contributed by atoms with van der Waals surface area (Å²) in [6, 6.07) is 12.9. The van der Waals surface area contributed by atoms with Gasteiger partial charge in [0.05, 0.1) is 18.1 Å². The maximum atomic E-state index is 13.4. The Kier molecular flexibility index (Phi) is 7.74. The van der Waals surface area contributed by atoms with Crippen LogP contribution in [-0.2, 0) is 21.4 Å². The maximum absolute atomic E-state index is 13.4. The summed E-state index contributed by atoms with van der Waals surface area (Å²) in [5.74, 6) is -0.980. The van der Waals surface area contributed by atoms with Crippen LogP contribution >= 0.6 is 0 Å². The van der Waals surface area contributed by atoms with Crippen LogP contribution in [0.1, 0.15) is 19.4 Å². The minimum atomic E-state index is -4.21.